The third kappa shape index (κ3) is 1.92. The average molecular weight is 158 g/mol. The molecule has 47 valence electrons. The molecule has 1 aromatic rings. The van der Waals surface area contributed by atoms with Gasteiger partial charge in [-0.25, -0.2) is 0 Å². The van der Waals surface area contributed by atoms with Crippen LogP contribution in [0.15, 0.2) is 23.1 Å². The minimum Gasteiger partial charge on any atom is -0.129 e. The van der Waals surface area contributed by atoms with Crippen molar-refractivity contribution in [2.24, 2.45) is 0 Å². The molecule has 1 radical (unpaired) electrons. The Morgan fingerprint density at radius 2 is 2.33 bits per heavy atom. The highest BCUT2D eigenvalue weighted by atomic mass is 35.5. The Morgan fingerprint density at radius 1 is 1.56 bits per heavy atom. The maximum Gasteiger partial charge on any atom is 0.0412 e. The standard InChI is InChI=1S/C7H6ClS/c1-9-7-4-2-6(8)3-5-7/h2-4H,1H3. The summed E-state index contributed by atoms with van der Waals surface area (Å²) >= 11 is 7.29. The van der Waals surface area contributed by atoms with Gasteiger partial charge in [-0.3, -0.25) is 0 Å². The van der Waals surface area contributed by atoms with E-state index in [0.717, 1.165) is 9.92 Å². The van der Waals surface area contributed by atoms with Crippen molar-refractivity contribution in [3.63, 3.8) is 0 Å². The van der Waals surface area contributed by atoms with Gasteiger partial charge < -0.3 is 0 Å². The molecule has 0 aromatic heterocycles. The lowest BCUT2D eigenvalue weighted by molar-refractivity contribution is 1.45. The van der Waals surface area contributed by atoms with Gasteiger partial charge in [-0.2, -0.15) is 0 Å². The molecule has 0 heterocycles. The fraction of sp³-hybridized carbons (Fsp3) is 0.143. The predicted octanol–water partition coefficient (Wildman–Crippen LogP) is 2.86. The van der Waals surface area contributed by atoms with Gasteiger partial charge >= 0.3 is 0 Å². The average Bonchev–Trinajstić information content (AvgIpc) is 1.90. The molecule has 0 nitrogen and oxygen atoms in total. The van der Waals surface area contributed by atoms with Crippen LogP contribution in [-0.2, 0) is 0 Å². The van der Waals surface area contributed by atoms with Crippen molar-refractivity contribution in [3.05, 3.63) is 29.3 Å². The second kappa shape index (κ2) is 3.14. The van der Waals surface area contributed by atoms with Gasteiger partial charge in [-0.15, -0.1) is 11.8 Å². The number of rotatable bonds is 1. The van der Waals surface area contributed by atoms with Gasteiger partial charge in [0.2, 0.25) is 0 Å². The van der Waals surface area contributed by atoms with Crippen LogP contribution in [0.5, 0.6) is 0 Å². The Hall–Kier alpha value is -0.140. The molecule has 0 saturated carbocycles. The summed E-state index contributed by atoms with van der Waals surface area (Å²) in [5.41, 5.74) is 0. The van der Waals surface area contributed by atoms with Crippen LogP contribution in [-0.4, -0.2) is 6.26 Å². The number of benzene rings is 1. The first-order valence-corrected chi connectivity index (χ1v) is 4.14. The van der Waals surface area contributed by atoms with Crippen LogP contribution in [0.25, 0.3) is 0 Å². The predicted molar refractivity (Wildman–Crippen MR) is 42.1 cm³/mol. The topological polar surface area (TPSA) is 0 Å². The molecular weight excluding hydrogens is 152 g/mol. The highest BCUT2D eigenvalue weighted by Gasteiger charge is 1.87. The van der Waals surface area contributed by atoms with E-state index in [0.29, 0.717) is 0 Å². The van der Waals surface area contributed by atoms with E-state index in [1.54, 1.807) is 17.8 Å². The first-order valence-electron chi connectivity index (χ1n) is 2.54. The summed E-state index contributed by atoms with van der Waals surface area (Å²) in [6.45, 7) is 0. The quantitative estimate of drug-likeness (QED) is 0.565. The van der Waals surface area contributed by atoms with Gasteiger partial charge in [0.25, 0.3) is 0 Å². The molecule has 1 aromatic carbocycles. The Morgan fingerprint density at radius 3 is 2.78 bits per heavy atom. The summed E-state index contributed by atoms with van der Waals surface area (Å²) in [5.74, 6) is 0. The molecule has 0 fully saturated rings. The summed E-state index contributed by atoms with van der Waals surface area (Å²) in [7, 11) is 0. The van der Waals surface area contributed by atoms with Crippen molar-refractivity contribution < 1.29 is 0 Å². The third-order valence-electron chi connectivity index (χ3n) is 0.966. The number of hydrogen-bond donors (Lipinski definition) is 0. The zero-order valence-corrected chi connectivity index (χ0v) is 6.59. The SMILES string of the molecule is CSc1[c]cc(Cl)cc1. The summed E-state index contributed by atoms with van der Waals surface area (Å²) in [6.07, 6.45) is 2.01. The summed E-state index contributed by atoms with van der Waals surface area (Å²) in [6, 6.07) is 8.60. The normalized spacial score (nSPS) is 9.56. The molecule has 0 N–H and O–H groups in total. The van der Waals surface area contributed by atoms with Crippen LogP contribution in [0.4, 0.5) is 0 Å². The van der Waals surface area contributed by atoms with Gasteiger partial charge in [0.05, 0.1) is 0 Å². The molecular formula is C7H6ClS. The highest BCUT2D eigenvalue weighted by Crippen LogP contribution is 2.16. The highest BCUT2D eigenvalue weighted by molar-refractivity contribution is 7.98. The number of hydrogen-bond acceptors (Lipinski definition) is 1. The van der Waals surface area contributed by atoms with E-state index in [1.165, 1.54) is 0 Å². The smallest absolute Gasteiger partial charge is 0.0412 e. The monoisotopic (exact) mass is 157 g/mol. The molecule has 1 rings (SSSR count). The van der Waals surface area contributed by atoms with Crippen molar-refractivity contribution in [1.29, 1.82) is 0 Å². The maximum absolute atomic E-state index is 5.63. The van der Waals surface area contributed by atoms with Crippen molar-refractivity contribution >= 4 is 23.4 Å². The van der Waals surface area contributed by atoms with Crippen LogP contribution in [0.3, 0.4) is 0 Å². The van der Waals surface area contributed by atoms with E-state index in [9.17, 15) is 0 Å². The lowest BCUT2D eigenvalue weighted by Gasteiger charge is -1.91. The van der Waals surface area contributed by atoms with Crippen molar-refractivity contribution in [2.75, 3.05) is 6.26 Å². The van der Waals surface area contributed by atoms with Crippen molar-refractivity contribution in [3.8, 4) is 0 Å². The van der Waals surface area contributed by atoms with E-state index in [2.05, 4.69) is 6.07 Å². The summed E-state index contributed by atoms with van der Waals surface area (Å²) in [5, 5.41) is 0.743. The fourth-order valence-corrected chi connectivity index (χ4v) is 1.02. The Balaban J connectivity index is 2.88. The number of thioether (sulfide) groups is 1. The van der Waals surface area contributed by atoms with Crippen LogP contribution < -0.4 is 0 Å². The Kier molecular flexibility index (Phi) is 2.43. The molecule has 0 spiro atoms. The second-order valence-corrected chi connectivity index (χ2v) is 2.86. The molecule has 0 atom stereocenters. The van der Waals surface area contributed by atoms with Gasteiger partial charge in [0, 0.05) is 9.92 Å². The Bertz CT molecular complexity index is 181. The first-order chi connectivity index (χ1) is 4.33. The Labute approximate surface area is 64.2 Å². The summed E-state index contributed by atoms with van der Waals surface area (Å²) < 4.78 is 0. The van der Waals surface area contributed by atoms with Gasteiger partial charge in [0.15, 0.2) is 0 Å². The van der Waals surface area contributed by atoms with Gasteiger partial charge in [0.1, 0.15) is 0 Å². The molecule has 9 heavy (non-hydrogen) atoms. The lowest BCUT2D eigenvalue weighted by atomic mass is 10.4. The molecule has 2 heteroatoms. The first kappa shape index (κ1) is 6.97. The minimum atomic E-state index is 0.743. The third-order valence-corrected chi connectivity index (χ3v) is 1.90. The van der Waals surface area contributed by atoms with E-state index < -0.39 is 0 Å². The van der Waals surface area contributed by atoms with E-state index >= 15 is 0 Å². The minimum absolute atomic E-state index is 0.743. The molecule has 0 aliphatic heterocycles. The van der Waals surface area contributed by atoms with Gasteiger partial charge in [-0.05, 0) is 30.5 Å². The molecule has 0 saturated heterocycles. The number of halogens is 1. The fourth-order valence-electron chi connectivity index (χ4n) is 0.519. The van der Waals surface area contributed by atoms with E-state index in [1.807, 2.05) is 18.4 Å². The van der Waals surface area contributed by atoms with E-state index in [-0.39, 0.29) is 0 Å². The zero-order chi connectivity index (χ0) is 6.69. The molecule has 0 aliphatic carbocycles. The maximum atomic E-state index is 5.63. The lowest BCUT2D eigenvalue weighted by Crippen LogP contribution is -1.67. The largest absolute Gasteiger partial charge is 0.129 e. The molecule has 0 amide bonds. The van der Waals surface area contributed by atoms with Crippen LogP contribution in [0, 0.1) is 6.07 Å². The van der Waals surface area contributed by atoms with Gasteiger partial charge in [-0.1, -0.05) is 11.6 Å². The molecule has 0 unspecified atom stereocenters. The van der Waals surface area contributed by atoms with Crippen LogP contribution in [0.2, 0.25) is 5.02 Å². The molecule has 0 aliphatic rings. The second-order valence-electron chi connectivity index (χ2n) is 1.58. The van der Waals surface area contributed by atoms with Crippen molar-refractivity contribution in [1.82, 2.24) is 0 Å². The molecule has 0 bridgehead atoms. The summed E-state index contributed by atoms with van der Waals surface area (Å²) in [4.78, 5) is 1.12. The zero-order valence-electron chi connectivity index (χ0n) is 5.02. The van der Waals surface area contributed by atoms with Crippen LogP contribution in [0.1, 0.15) is 0 Å². The van der Waals surface area contributed by atoms with E-state index in [4.69, 9.17) is 11.6 Å². The van der Waals surface area contributed by atoms with Crippen molar-refractivity contribution in [2.45, 2.75) is 4.90 Å². The van der Waals surface area contributed by atoms with Crippen LogP contribution >= 0.6 is 23.4 Å².